The molecular formula is C22H27NO4. The lowest BCUT2D eigenvalue weighted by Crippen LogP contribution is -2.39. The van der Waals surface area contributed by atoms with Gasteiger partial charge in [-0.05, 0) is 43.5 Å². The van der Waals surface area contributed by atoms with Gasteiger partial charge in [-0.2, -0.15) is 0 Å². The fourth-order valence-corrected chi connectivity index (χ4v) is 3.39. The second-order valence-corrected chi connectivity index (χ2v) is 6.57. The van der Waals surface area contributed by atoms with Crippen molar-refractivity contribution in [3.8, 4) is 5.75 Å². The molecule has 0 fully saturated rings. The summed E-state index contributed by atoms with van der Waals surface area (Å²) in [6.07, 6.45) is 1.39. The van der Waals surface area contributed by atoms with Gasteiger partial charge in [0.25, 0.3) is 5.56 Å². The highest BCUT2D eigenvalue weighted by molar-refractivity contribution is 6.07. The molecule has 2 aromatic rings. The van der Waals surface area contributed by atoms with Gasteiger partial charge in [0, 0.05) is 17.7 Å². The van der Waals surface area contributed by atoms with Crippen LogP contribution >= 0.6 is 0 Å². The van der Waals surface area contributed by atoms with Crippen LogP contribution < -0.4 is 10.3 Å². The van der Waals surface area contributed by atoms with Crippen LogP contribution in [0.15, 0.2) is 35.1 Å². The van der Waals surface area contributed by atoms with Gasteiger partial charge in [-0.3, -0.25) is 14.4 Å². The van der Waals surface area contributed by atoms with Gasteiger partial charge in [-0.15, -0.1) is 0 Å². The van der Waals surface area contributed by atoms with E-state index >= 15 is 0 Å². The molecule has 1 aromatic heterocycles. The van der Waals surface area contributed by atoms with E-state index in [1.54, 1.807) is 14.0 Å². The molecule has 27 heavy (non-hydrogen) atoms. The number of ether oxygens (including phenoxy) is 1. The molecule has 0 spiro atoms. The van der Waals surface area contributed by atoms with Crippen LogP contribution in [0, 0.1) is 0 Å². The van der Waals surface area contributed by atoms with E-state index in [2.05, 4.69) is 4.98 Å². The molecule has 0 aliphatic heterocycles. The molecule has 1 aliphatic rings. The van der Waals surface area contributed by atoms with E-state index in [4.69, 9.17) is 4.74 Å². The fraction of sp³-hybridized carbons (Fsp3) is 0.409. The number of methoxy groups -OCH3 is 1. The predicted molar refractivity (Wildman–Crippen MR) is 106 cm³/mol. The predicted octanol–water partition coefficient (Wildman–Crippen LogP) is 4.09. The topological polar surface area (TPSA) is 76.2 Å². The summed E-state index contributed by atoms with van der Waals surface area (Å²) >= 11 is 0. The van der Waals surface area contributed by atoms with E-state index in [0.29, 0.717) is 29.8 Å². The van der Waals surface area contributed by atoms with Gasteiger partial charge in [0.05, 0.1) is 18.1 Å². The molecule has 0 saturated carbocycles. The molecule has 0 bridgehead atoms. The van der Waals surface area contributed by atoms with Gasteiger partial charge < -0.3 is 9.72 Å². The van der Waals surface area contributed by atoms with Gasteiger partial charge in [0.15, 0.2) is 11.6 Å². The Labute approximate surface area is 159 Å². The largest absolute Gasteiger partial charge is 0.497 e. The van der Waals surface area contributed by atoms with Gasteiger partial charge in [0.2, 0.25) is 0 Å². The first-order valence-corrected chi connectivity index (χ1v) is 9.39. The summed E-state index contributed by atoms with van der Waals surface area (Å²) in [5.74, 6) is 0.356. The Morgan fingerprint density at radius 3 is 2.56 bits per heavy atom. The molecule has 1 aliphatic carbocycles. The van der Waals surface area contributed by atoms with Crippen molar-refractivity contribution in [1.82, 2.24) is 4.98 Å². The number of aryl methyl sites for hydroxylation is 1. The number of nitrogens with one attached hydrogen (secondary N) is 1. The smallest absolute Gasteiger partial charge is 0.259 e. The third kappa shape index (κ3) is 3.72. The Morgan fingerprint density at radius 2 is 1.93 bits per heavy atom. The fourth-order valence-electron chi connectivity index (χ4n) is 3.39. The molecule has 1 heterocycles. The van der Waals surface area contributed by atoms with E-state index < -0.39 is 11.0 Å². The Morgan fingerprint density at radius 1 is 1.22 bits per heavy atom. The second-order valence-electron chi connectivity index (χ2n) is 6.57. The first-order valence-electron chi connectivity index (χ1n) is 9.39. The number of aromatic nitrogens is 1. The lowest BCUT2D eigenvalue weighted by atomic mass is 9.68. The van der Waals surface area contributed by atoms with E-state index in [9.17, 15) is 14.4 Å². The number of Topliss-reactive ketones (excluding diaryl/α,β-unsaturated/α-hetero) is 2. The first kappa shape index (κ1) is 20.6. The van der Waals surface area contributed by atoms with Crippen molar-refractivity contribution >= 4 is 11.6 Å². The zero-order valence-electron chi connectivity index (χ0n) is 16.6. The van der Waals surface area contributed by atoms with Gasteiger partial charge in [-0.25, -0.2) is 0 Å². The lowest BCUT2D eigenvalue weighted by Gasteiger charge is -2.33. The number of pyridine rings is 1. The number of H-pyrrole nitrogens is 1. The maximum atomic E-state index is 13.2. The number of ketones is 2. The minimum Gasteiger partial charge on any atom is -0.497 e. The minimum absolute atomic E-state index is 0.0597. The molecule has 1 atom stereocenters. The monoisotopic (exact) mass is 369 g/mol. The highest BCUT2D eigenvalue weighted by Crippen LogP contribution is 2.38. The van der Waals surface area contributed by atoms with Crippen molar-refractivity contribution in [3.05, 3.63) is 63.1 Å². The summed E-state index contributed by atoms with van der Waals surface area (Å²) in [4.78, 5) is 40.1. The summed E-state index contributed by atoms with van der Waals surface area (Å²) in [6, 6.07) is 8.95. The second kappa shape index (κ2) is 8.33. The number of hydrogen-bond donors (Lipinski definition) is 1. The van der Waals surface area contributed by atoms with Crippen molar-refractivity contribution in [2.45, 2.75) is 52.4 Å². The van der Waals surface area contributed by atoms with Gasteiger partial charge in [0.1, 0.15) is 5.75 Å². The standard InChI is InChI=1S/C20H21NO4.C2H6/c1-4-17(22)15-11-14-16(21-19(15)24)8-9-20(2,18(14)23)12-6-5-7-13(10-12)25-3;1-2/h5-7,10-11H,4,8-9H2,1-3H3,(H,21,24);1-2H3. The van der Waals surface area contributed by atoms with E-state index in [1.807, 2.05) is 45.0 Å². The average Bonchev–Trinajstić information content (AvgIpc) is 2.71. The summed E-state index contributed by atoms with van der Waals surface area (Å²) in [5, 5.41) is 0. The van der Waals surface area contributed by atoms with Crippen LogP contribution in [0.2, 0.25) is 0 Å². The van der Waals surface area contributed by atoms with Crippen LogP contribution in [-0.4, -0.2) is 23.7 Å². The molecule has 0 radical (unpaired) electrons. The maximum absolute atomic E-state index is 13.2. The molecule has 144 valence electrons. The number of rotatable bonds is 4. The molecular weight excluding hydrogens is 342 g/mol. The highest BCUT2D eigenvalue weighted by Gasteiger charge is 2.41. The minimum atomic E-state index is -0.716. The lowest BCUT2D eigenvalue weighted by molar-refractivity contribution is 0.0874. The normalized spacial score (nSPS) is 18.2. The SMILES string of the molecule is CC.CCC(=O)c1cc2c([nH]c1=O)CCC(C)(c1cccc(OC)c1)C2=O. The van der Waals surface area contributed by atoms with Crippen LogP contribution in [0.1, 0.15) is 72.5 Å². The van der Waals surface area contributed by atoms with Crippen molar-refractivity contribution in [3.63, 3.8) is 0 Å². The van der Waals surface area contributed by atoms with Crippen molar-refractivity contribution in [2.75, 3.05) is 7.11 Å². The molecule has 3 rings (SSSR count). The quantitative estimate of drug-likeness (QED) is 0.824. The summed E-state index contributed by atoms with van der Waals surface area (Å²) in [6.45, 7) is 7.60. The zero-order chi connectivity index (χ0) is 20.2. The third-order valence-corrected chi connectivity index (χ3v) is 5.07. The number of carbonyl (C=O) groups is 2. The van der Waals surface area contributed by atoms with Crippen LogP contribution in [0.5, 0.6) is 5.75 Å². The van der Waals surface area contributed by atoms with Crippen LogP contribution in [-0.2, 0) is 11.8 Å². The number of aromatic amines is 1. The average molecular weight is 369 g/mol. The Bertz CT molecular complexity index is 913. The van der Waals surface area contributed by atoms with Crippen molar-refractivity contribution < 1.29 is 14.3 Å². The first-order chi connectivity index (χ1) is 12.9. The summed E-state index contributed by atoms with van der Waals surface area (Å²) < 4.78 is 5.27. The number of fused-ring (bicyclic) bond motifs is 1. The van der Waals surface area contributed by atoms with E-state index in [0.717, 1.165) is 5.56 Å². The molecule has 0 amide bonds. The molecule has 1 unspecified atom stereocenters. The van der Waals surface area contributed by atoms with Crippen molar-refractivity contribution in [1.29, 1.82) is 0 Å². The van der Waals surface area contributed by atoms with Crippen LogP contribution in [0.3, 0.4) is 0 Å². The van der Waals surface area contributed by atoms with E-state index in [-0.39, 0.29) is 23.6 Å². The molecule has 5 heteroatoms. The number of carbonyl (C=O) groups excluding carboxylic acids is 2. The molecule has 5 nitrogen and oxygen atoms in total. The number of hydrogen-bond acceptors (Lipinski definition) is 4. The van der Waals surface area contributed by atoms with Gasteiger partial charge in [-0.1, -0.05) is 32.9 Å². The Balaban J connectivity index is 0.00000126. The maximum Gasteiger partial charge on any atom is 0.259 e. The van der Waals surface area contributed by atoms with Gasteiger partial charge >= 0.3 is 0 Å². The van der Waals surface area contributed by atoms with Crippen LogP contribution in [0.4, 0.5) is 0 Å². The van der Waals surface area contributed by atoms with E-state index in [1.165, 1.54) is 6.07 Å². The number of benzene rings is 1. The zero-order valence-corrected chi connectivity index (χ0v) is 16.6. The molecule has 1 N–H and O–H groups in total. The highest BCUT2D eigenvalue weighted by atomic mass is 16.5. The summed E-state index contributed by atoms with van der Waals surface area (Å²) in [5.41, 5.74) is 0.854. The molecule has 1 aromatic carbocycles. The van der Waals surface area contributed by atoms with Crippen molar-refractivity contribution in [2.24, 2.45) is 0 Å². The summed E-state index contributed by atoms with van der Waals surface area (Å²) in [7, 11) is 1.59. The molecule has 0 saturated heterocycles. The van der Waals surface area contributed by atoms with Crippen LogP contribution in [0.25, 0.3) is 0 Å². The third-order valence-electron chi connectivity index (χ3n) is 5.07. The Kier molecular flexibility index (Phi) is 6.37. The Hall–Kier alpha value is -2.69.